The van der Waals surface area contributed by atoms with Gasteiger partial charge in [-0.15, -0.1) is 0 Å². The second kappa shape index (κ2) is 8.13. The van der Waals surface area contributed by atoms with Crippen molar-refractivity contribution in [2.45, 2.75) is 0 Å². The number of nitriles is 1. The summed E-state index contributed by atoms with van der Waals surface area (Å²) >= 11 is 5.87. The number of nitrogens with zero attached hydrogens (tertiary/aromatic N) is 1. The lowest BCUT2D eigenvalue weighted by atomic mass is 10.2. The summed E-state index contributed by atoms with van der Waals surface area (Å²) in [7, 11) is 1.41. The van der Waals surface area contributed by atoms with Crippen LogP contribution < -0.4 is 15.4 Å². The molecule has 0 saturated heterocycles. The monoisotopic (exact) mass is 363 g/mol. The number of halogens is 3. The molecule has 25 heavy (non-hydrogen) atoms. The predicted molar refractivity (Wildman–Crippen MR) is 90.3 cm³/mol. The highest BCUT2D eigenvalue weighted by Gasteiger charge is 2.13. The van der Waals surface area contributed by atoms with Gasteiger partial charge in [0.2, 0.25) is 0 Å². The molecule has 0 unspecified atom stereocenters. The number of amides is 1. The molecular weight excluding hydrogens is 352 g/mol. The van der Waals surface area contributed by atoms with Crippen molar-refractivity contribution in [3.63, 3.8) is 0 Å². The number of carbonyl (C=O) groups excluding carboxylic acids is 1. The summed E-state index contributed by atoms with van der Waals surface area (Å²) in [6.07, 6.45) is 0.976. The first-order valence-corrected chi connectivity index (χ1v) is 7.29. The smallest absolute Gasteiger partial charge is 0.267 e. The fraction of sp³-hybridized carbons (Fsp3) is 0.0588. The van der Waals surface area contributed by atoms with Crippen LogP contribution in [0.2, 0.25) is 5.02 Å². The van der Waals surface area contributed by atoms with Gasteiger partial charge in [-0.1, -0.05) is 11.6 Å². The highest BCUT2D eigenvalue weighted by atomic mass is 35.5. The van der Waals surface area contributed by atoms with Gasteiger partial charge in [0.05, 0.1) is 18.5 Å². The van der Waals surface area contributed by atoms with Crippen molar-refractivity contribution < 1.29 is 18.3 Å². The van der Waals surface area contributed by atoms with Crippen molar-refractivity contribution in [1.29, 1.82) is 5.26 Å². The first kappa shape index (κ1) is 18.2. The molecule has 2 N–H and O–H groups in total. The summed E-state index contributed by atoms with van der Waals surface area (Å²) in [5.74, 6) is -1.82. The third-order valence-corrected chi connectivity index (χ3v) is 3.31. The summed E-state index contributed by atoms with van der Waals surface area (Å²) < 4.78 is 31.8. The number of benzene rings is 2. The molecule has 0 saturated carbocycles. The van der Waals surface area contributed by atoms with E-state index < -0.39 is 17.5 Å². The highest BCUT2D eigenvalue weighted by Crippen LogP contribution is 2.28. The average molecular weight is 364 g/mol. The van der Waals surface area contributed by atoms with Crippen LogP contribution in [0.4, 0.5) is 20.2 Å². The van der Waals surface area contributed by atoms with Gasteiger partial charge in [0.1, 0.15) is 29.0 Å². The van der Waals surface area contributed by atoms with Crippen LogP contribution in [-0.2, 0) is 4.79 Å². The number of carbonyl (C=O) groups is 1. The van der Waals surface area contributed by atoms with Crippen LogP contribution >= 0.6 is 11.6 Å². The molecule has 128 valence electrons. The Morgan fingerprint density at radius 1 is 1.24 bits per heavy atom. The predicted octanol–water partition coefficient (Wildman–Crippen LogP) is 4.08. The molecule has 5 nitrogen and oxygen atoms in total. The average Bonchev–Trinajstić information content (AvgIpc) is 2.58. The Balaban J connectivity index is 2.20. The van der Waals surface area contributed by atoms with Gasteiger partial charge in [-0.2, -0.15) is 5.26 Å². The Hall–Kier alpha value is -3.11. The van der Waals surface area contributed by atoms with Crippen molar-refractivity contribution >= 4 is 28.9 Å². The Kier molecular flexibility index (Phi) is 5.93. The minimum atomic E-state index is -0.771. The molecule has 0 spiro atoms. The molecule has 0 bridgehead atoms. The zero-order chi connectivity index (χ0) is 18.4. The molecule has 2 aromatic carbocycles. The molecule has 2 aromatic rings. The lowest BCUT2D eigenvalue weighted by Crippen LogP contribution is -2.15. The van der Waals surface area contributed by atoms with Gasteiger partial charge in [0, 0.05) is 17.3 Å². The highest BCUT2D eigenvalue weighted by molar-refractivity contribution is 6.31. The van der Waals surface area contributed by atoms with Crippen LogP contribution in [0, 0.1) is 23.0 Å². The second-order valence-electron chi connectivity index (χ2n) is 4.74. The van der Waals surface area contributed by atoms with Crippen LogP contribution in [0.15, 0.2) is 48.2 Å². The van der Waals surface area contributed by atoms with Gasteiger partial charge in [-0.3, -0.25) is 4.79 Å². The normalized spacial score (nSPS) is 10.8. The van der Waals surface area contributed by atoms with Crippen LogP contribution in [0.25, 0.3) is 0 Å². The Labute approximate surface area is 147 Å². The standard InChI is InChI=1S/C17H12ClF2N3O2/c1-25-16-5-2-11(18)6-15(16)23-17(24)10(8-21)9-22-14-7-12(19)3-4-13(14)20/h2-7,9,22H,1H3,(H,23,24)/b10-9-. The molecule has 0 aromatic heterocycles. The quantitative estimate of drug-likeness (QED) is 0.620. The first-order valence-electron chi connectivity index (χ1n) is 6.91. The van der Waals surface area contributed by atoms with Crippen molar-refractivity contribution in [3.8, 4) is 11.8 Å². The first-order chi connectivity index (χ1) is 11.9. The maximum Gasteiger partial charge on any atom is 0.267 e. The zero-order valence-corrected chi connectivity index (χ0v) is 13.7. The van der Waals surface area contributed by atoms with Gasteiger partial charge >= 0.3 is 0 Å². The van der Waals surface area contributed by atoms with Crippen LogP contribution in [-0.4, -0.2) is 13.0 Å². The minimum Gasteiger partial charge on any atom is -0.495 e. The van der Waals surface area contributed by atoms with Gasteiger partial charge in [0.25, 0.3) is 5.91 Å². The largest absolute Gasteiger partial charge is 0.495 e. The minimum absolute atomic E-state index is 0.208. The topological polar surface area (TPSA) is 74.1 Å². The van der Waals surface area contributed by atoms with E-state index in [1.165, 1.54) is 13.2 Å². The number of ether oxygens (including phenoxy) is 1. The van der Waals surface area contributed by atoms with Gasteiger partial charge in [0.15, 0.2) is 0 Å². The van der Waals surface area contributed by atoms with E-state index in [0.29, 0.717) is 10.8 Å². The maximum atomic E-state index is 13.5. The van der Waals surface area contributed by atoms with Crippen LogP contribution in [0.1, 0.15) is 0 Å². The molecule has 0 heterocycles. The van der Waals surface area contributed by atoms with Crippen molar-refractivity contribution in [3.05, 3.63) is 64.8 Å². The fourth-order valence-corrected chi connectivity index (χ4v) is 2.05. The summed E-state index contributed by atoms with van der Waals surface area (Å²) in [4.78, 5) is 12.2. The third-order valence-electron chi connectivity index (χ3n) is 3.08. The van der Waals surface area contributed by atoms with Crippen molar-refractivity contribution in [2.75, 3.05) is 17.7 Å². The molecular formula is C17H12ClF2N3O2. The summed E-state index contributed by atoms with van der Waals surface area (Å²) in [5.41, 5.74) is -0.301. The molecule has 8 heteroatoms. The molecule has 2 rings (SSSR count). The zero-order valence-electron chi connectivity index (χ0n) is 12.9. The lowest BCUT2D eigenvalue weighted by molar-refractivity contribution is -0.112. The Morgan fingerprint density at radius 3 is 2.68 bits per heavy atom. The number of hydrogen-bond acceptors (Lipinski definition) is 4. The van der Waals surface area contributed by atoms with E-state index in [1.807, 2.05) is 0 Å². The molecule has 0 aliphatic heterocycles. The molecule has 0 aliphatic rings. The summed E-state index contributed by atoms with van der Waals surface area (Å²) in [5, 5.41) is 14.3. The van der Waals surface area contributed by atoms with Crippen LogP contribution in [0.5, 0.6) is 5.75 Å². The van der Waals surface area contributed by atoms with E-state index in [9.17, 15) is 13.6 Å². The molecule has 0 fully saturated rings. The second-order valence-corrected chi connectivity index (χ2v) is 5.17. The number of anilines is 2. The van der Waals surface area contributed by atoms with E-state index in [2.05, 4.69) is 10.6 Å². The summed E-state index contributed by atoms with van der Waals surface area (Å²) in [6.45, 7) is 0. The Bertz CT molecular complexity index is 879. The number of rotatable bonds is 5. The maximum absolute atomic E-state index is 13.5. The van der Waals surface area contributed by atoms with Gasteiger partial charge in [-0.05, 0) is 30.3 Å². The SMILES string of the molecule is COc1ccc(Cl)cc1NC(=O)/C(C#N)=C\Nc1cc(F)ccc1F. The number of methoxy groups -OCH3 is 1. The Morgan fingerprint density at radius 2 is 2.00 bits per heavy atom. The third kappa shape index (κ3) is 4.68. The van der Waals surface area contributed by atoms with E-state index in [-0.39, 0.29) is 16.9 Å². The van der Waals surface area contributed by atoms with E-state index in [4.69, 9.17) is 21.6 Å². The van der Waals surface area contributed by atoms with E-state index in [0.717, 1.165) is 24.4 Å². The summed E-state index contributed by atoms with van der Waals surface area (Å²) in [6, 6.07) is 9.03. The van der Waals surface area contributed by atoms with Crippen LogP contribution in [0.3, 0.4) is 0 Å². The van der Waals surface area contributed by atoms with Crippen molar-refractivity contribution in [1.82, 2.24) is 0 Å². The van der Waals surface area contributed by atoms with E-state index >= 15 is 0 Å². The van der Waals surface area contributed by atoms with E-state index in [1.54, 1.807) is 18.2 Å². The molecule has 1 amide bonds. The molecule has 0 radical (unpaired) electrons. The number of hydrogen-bond donors (Lipinski definition) is 2. The van der Waals surface area contributed by atoms with Crippen molar-refractivity contribution in [2.24, 2.45) is 0 Å². The fourth-order valence-electron chi connectivity index (χ4n) is 1.87. The molecule has 0 aliphatic carbocycles. The molecule has 0 atom stereocenters. The van der Waals surface area contributed by atoms with Gasteiger partial charge < -0.3 is 15.4 Å². The number of nitrogens with one attached hydrogen (secondary N) is 2. The lowest BCUT2D eigenvalue weighted by Gasteiger charge is -2.10. The van der Waals surface area contributed by atoms with Gasteiger partial charge in [-0.25, -0.2) is 8.78 Å².